The summed E-state index contributed by atoms with van der Waals surface area (Å²) in [5.41, 5.74) is 2.48. The lowest BCUT2D eigenvalue weighted by Crippen LogP contribution is -2.35. The molecule has 0 saturated heterocycles. The van der Waals surface area contributed by atoms with Crippen molar-refractivity contribution >= 4 is 11.6 Å². The van der Waals surface area contributed by atoms with Crippen LogP contribution in [0.5, 0.6) is 5.75 Å². The SMILES string of the molecule is COCCNC(C)C(C)Cc1cc(Cl)cc2c1OCC2. The Morgan fingerprint density at radius 3 is 2.95 bits per heavy atom. The maximum atomic E-state index is 6.21. The van der Waals surface area contributed by atoms with Gasteiger partial charge >= 0.3 is 0 Å². The van der Waals surface area contributed by atoms with E-state index in [-0.39, 0.29) is 0 Å². The second kappa shape index (κ2) is 7.30. The molecule has 1 aromatic rings. The largest absolute Gasteiger partial charge is 0.493 e. The van der Waals surface area contributed by atoms with Gasteiger partial charge < -0.3 is 14.8 Å². The molecule has 0 fully saturated rings. The first-order valence-corrected chi connectivity index (χ1v) is 7.66. The highest BCUT2D eigenvalue weighted by molar-refractivity contribution is 6.30. The van der Waals surface area contributed by atoms with Crippen molar-refractivity contribution in [1.82, 2.24) is 5.32 Å². The van der Waals surface area contributed by atoms with Crippen LogP contribution in [0.2, 0.25) is 5.02 Å². The summed E-state index contributed by atoms with van der Waals surface area (Å²) in [5, 5.41) is 4.30. The van der Waals surface area contributed by atoms with Gasteiger partial charge in [0, 0.05) is 31.1 Å². The van der Waals surface area contributed by atoms with E-state index in [1.54, 1.807) is 7.11 Å². The van der Waals surface area contributed by atoms with E-state index in [1.165, 1.54) is 11.1 Å². The number of halogens is 1. The summed E-state index contributed by atoms with van der Waals surface area (Å²) in [6.07, 6.45) is 1.95. The summed E-state index contributed by atoms with van der Waals surface area (Å²) >= 11 is 6.21. The van der Waals surface area contributed by atoms with E-state index in [0.717, 1.165) is 43.4 Å². The fraction of sp³-hybridized carbons (Fsp3) is 0.625. The smallest absolute Gasteiger partial charge is 0.125 e. The molecule has 0 spiro atoms. The molecule has 112 valence electrons. The van der Waals surface area contributed by atoms with E-state index in [9.17, 15) is 0 Å². The molecule has 1 aliphatic heterocycles. The highest BCUT2D eigenvalue weighted by Crippen LogP contribution is 2.34. The van der Waals surface area contributed by atoms with Crippen molar-refractivity contribution in [3.8, 4) is 5.75 Å². The zero-order chi connectivity index (χ0) is 14.5. The molecule has 0 aromatic heterocycles. The van der Waals surface area contributed by atoms with Crippen LogP contribution in [0.1, 0.15) is 25.0 Å². The quantitative estimate of drug-likeness (QED) is 0.785. The molecule has 0 radical (unpaired) electrons. The van der Waals surface area contributed by atoms with Crippen LogP contribution in [0.4, 0.5) is 0 Å². The van der Waals surface area contributed by atoms with E-state index in [0.29, 0.717) is 12.0 Å². The molecule has 1 aromatic carbocycles. The Hall–Kier alpha value is -0.770. The molecule has 1 heterocycles. The van der Waals surface area contributed by atoms with Gasteiger partial charge in [-0.05, 0) is 42.5 Å². The van der Waals surface area contributed by atoms with E-state index < -0.39 is 0 Å². The van der Waals surface area contributed by atoms with E-state index >= 15 is 0 Å². The minimum absolute atomic E-state index is 0.432. The number of methoxy groups -OCH3 is 1. The molecule has 2 unspecified atom stereocenters. The lowest BCUT2D eigenvalue weighted by Gasteiger charge is -2.22. The molecular weight excluding hydrogens is 274 g/mol. The zero-order valence-electron chi connectivity index (χ0n) is 12.5. The number of hydrogen-bond donors (Lipinski definition) is 1. The van der Waals surface area contributed by atoms with Gasteiger partial charge in [0.25, 0.3) is 0 Å². The Balaban J connectivity index is 1.99. The van der Waals surface area contributed by atoms with Crippen LogP contribution in [0.25, 0.3) is 0 Å². The zero-order valence-corrected chi connectivity index (χ0v) is 13.3. The van der Waals surface area contributed by atoms with Crippen molar-refractivity contribution in [3.63, 3.8) is 0 Å². The number of hydrogen-bond acceptors (Lipinski definition) is 3. The molecule has 2 rings (SSSR count). The van der Waals surface area contributed by atoms with Gasteiger partial charge in [0.05, 0.1) is 13.2 Å². The predicted octanol–water partition coefficient (Wildman–Crippen LogP) is 3.08. The summed E-state index contributed by atoms with van der Waals surface area (Å²) in [4.78, 5) is 0. The summed E-state index contributed by atoms with van der Waals surface area (Å²) in [5.74, 6) is 1.57. The minimum atomic E-state index is 0.432. The van der Waals surface area contributed by atoms with Gasteiger partial charge in [0.1, 0.15) is 5.75 Å². The standard InChI is InChI=1S/C16H24ClNO2/c1-11(12(2)18-5-7-19-3)8-14-10-15(17)9-13-4-6-20-16(13)14/h9-12,18H,4-8H2,1-3H3. The van der Waals surface area contributed by atoms with Crippen molar-refractivity contribution < 1.29 is 9.47 Å². The average Bonchev–Trinajstić information content (AvgIpc) is 2.86. The number of fused-ring (bicyclic) bond motifs is 1. The molecular formula is C16H24ClNO2. The Bertz CT molecular complexity index is 450. The van der Waals surface area contributed by atoms with E-state index in [4.69, 9.17) is 21.1 Å². The van der Waals surface area contributed by atoms with Gasteiger partial charge in [-0.3, -0.25) is 0 Å². The van der Waals surface area contributed by atoms with Gasteiger partial charge in [-0.1, -0.05) is 18.5 Å². The molecule has 1 N–H and O–H groups in total. The van der Waals surface area contributed by atoms with Gasteiger partial charge in [-0.2, -0.15) is 0 Å². The average molecular weight is 298 g/mol. The van der Waals surface area contributed by atoms with Crippen molar-refractivity contribution in [2.45, 2.75) is 32.7 Å². The third kappa shape index (κ3) is 3.87. The van der Waals surface area contributed by atoms with Crippen molar-refractivity contribution in [2.75, 3.05) is 26.9 Å². The number of nitrogens with one attached hydrogen (secondary N) is 1. The monoisotopic (exact) mass is 297 g/mol. The maximum Gasteiger partial charge on any atom is 0.125 e. The summed E-state index contributed by atoms with van der Waals surface area (Å²) < 4.78 is 10.8. The van der Waals surface area contributed by atoms with Gasteiger partial charge in [-0.15, -0.1) is 0 Å². The summed E-state index contributed by atoms with van der Waals surface area (Å²) in [6.45, 7) is 6.87. The molecule has 0 aliphatic carbocycles. The summed E-state index contributed by atoms with van der Waals surface area (Å²) in [6, 6.07) is 4.50. The first-order chi connectivity index (χ1) is 9.61. The molecule has 0 saturated carbocycles. The predicted molar refractivity (Wildman–Crippen MR) is 82.9 cm³/mol. The van der Waals surface area contributed by atoms with Crippen LogP contribution < -0.4 is 10.1 Å². The summed E-state index contributed by atoms with van der Waals surface area (Å²) in [7, 11) is 1.72. The lowest BCUT2D eigenvalue weighted by molar-refractivity contribution is 0.192. The third-order valence-electron chi connectivity index (χ3n) is 3.99. The van der Waals surface area contributed by atoms with Crippen molar-refractivity contribution in [3.05, 3.63) is 28.3 Å². The highest BCUT2D eigenvalue weighted by Gasteiger charge is 2.20. The van der Waals surface area contributed by atoms with E-state index in [2.05, 4.69) is 19.2 Å². The lowest BCUT2D eigenvalue weighted by atomic mass is 9.93. The molecule has 0 bridgehead atoms. The second-order valence-corrected chi connectivity index (χ2v) is 6.01. The van der Waals surface area contributed by atoms with Gasteiger partial charge in [0.15, 0.2) is 0 Å². The first-order valence-electron chi connectivity index (χ1n) is 7.28. The van der Waals surface area contributed by atoms with E-state index in [1.807, 2.05) is 12.1 Å². The van der Waals surface area contributed by atoms with Crippen LogP contribution in [0.3, 0.4) is 0 Å². The van der Waals surface area contributed by atoms with Crippen molar-refractivity contribution in [2.24, 2.45) is 5.92 Å². The Morgan fingerprint density at radius 1 is 1.40 bits per heavy atom. The van der Waals surface area contributed by atoms with Gasteiger partial charge in [0.2, 0.25) is 0 Å². The van der Waals surface area contributed by atoms with Crippen molar-refractivity contribution in [1.29, 1.82) is 0 Å². The molecule has 2 atom stereocenters. The third-order valence-corrected chi connectivity index (χ3v) is 4.21. The Morgan fingerprint density at radius 2 is 2.20 bits per heavy atom. The maximum absolute atomic E-state index is 6.21. The van der Waals surface area contributed by atoms with Crippen LogP contribution >= 0.6 is 11.6 Å². The first kappa shape index (κ1) is 15.6. The Labute approximate surface area is 126 Å². The van der Waals surface area contributed by atoms with Gasteiger partial charge in [-0.25, -0.2) is 0 Å². The minimum Gasteiger partial charge on any atom is -0.493 e. The van der Waals surface area contributed by atoms with Crippen LogP contribution in [-0.4, -0.2) is 32.9 Å². The molecule has 1 aliphatic rings. The highest BCUT2D eigenvalue weighted by atomic mass is 35.5. The molecule has 4 heteroatoms. The number of benzene rings is 1. The second-order valence-electron chi connectivity index (χ2n) is 5.57. The topological polar surface area (TPSA) is 30.5 Å². The number of rotatable bonds is 7. The molecule has 0 amide bonds. The molecule has 20 heavy (non-hydrogen) atoms. The Kier molecular flexibility index (Phi) is 5.70. The van der Waals surface area contributed by atoms with Crippen LogP contribution in [-0.2, 0) is 17.6 Å². The molecule has 3 nitrogen and oxygen atoms in total. The fourth-order valence-electron chi connectivity index (χ4n) is 2.61. The van der Waals surface area contributed by atoms with Crippen LogP contribution in [0, 0.1) is 5.92 Å². The van der Waals surface area contributed by atoms with Crippen LogP contribution in [0.15, 0.2) is 12.1 Å². The normalized spacial score (nSPS) is 16.6. The fourth-order valence-corrected chi connectivity index (χ4v) is 2.87. The number of ether oxygens (including phenoxy) is 2.